The number of carbonyl (C=O) groups excluding carboxylic acids is 1. The lowest BCUT2D eigenvalue weighted by atomic mass is 9.94. The van der Waals surface area contributed by atoms with Gasteiger partial charge in [0.1, 0.15) is 5.60 Å². The number of carbonyl (C=O) groups is 1. The summed E-state index contributed by atoms with van der Waals surface area (Å²) >= 11 is 0. The highest BCUT2D eigenvalue weighted by molar-refractivity contribution is 6.02. The second kappa shape index (κ2) is 4.15. The summed E-state index contributed by atoms with van der Waals surface area (Å²) in [7, 11) is 1.55. The van der Waals surface area contributed by atoms with E-state index in [2.05, 4.69) is 0 Å². The van der Waals surface area contributed by atoms with E-state index in [1.807, 2.05) is 32.0 Å². The Kier molecular flexibility index (Phi) is 3.30. The van der Waals surface area contributed by atoms with E-state index in [4.69, 9.17) is 4.74 Å². The molecule has 1 rings (SSSR count). The molecule has 0 unspecified atom stereocenters. The van der Waals surface area contributed by atoms with E-state index in [0.29, 0.717) is 5.56 Å². The average molecular weight is 206 g/mol. The van der Waals surface area contributed by atoms with Crippen molar-refractivity contribution in [2.45, 2.75) is 33.3 Å². The van der Waals surface area contributed by atoms with Gasteiger partial charge in [-0.2, -0.15) is 0 Å². The lowest BCUT2D eigenvalue weighted by Crippen LogP contribution is -2.33. The summed E-state index contributed by atoms with van der Waals surface area (Å²) in [5.41, 5.74) is 2.29. The number of ketones is 1. The molecule has 0 N–H and O–H groups in total. The molecule has 0 fully saturated rings. The number of hydrogen-bond acceptors (Lipinski definition) is 2. The van der Waals surface area contributed by atoms with E-state index < -0.39 is 5.60 Å². The van der Waals surface area contributed by atoms with Crippen molar-refractivity contribution in [3.63, 3.8) is 0 Å². The smallest absolute Gasteiger partial charge is 0.194 e. The van der Waals surface area contributed by atoms with Gasteiger partial charge in [-0.05, 0) is 44.9 Å². The summed E-state index contributed by atoms with van der Waals surface area (Å²) in [4.78, 5) is 12.0. The fraction of sp³-hybridized carbons (Fsp3) is 0.462. The first-order valence-corrected chi connectivity index (χ1v) is 5.05. The highest BCUT2D eigenvalue weighted by Crippen LogP contribution is 2.18. The van der Waals surface area contributed by atoms with E-state index in [1.54, 1.807) is 21.0 Å². The van der Waals surface area contributed by atoms with Gasteiger partial charge < -0.3 is 4.74 Å². The summed E-state index contributed by atoms with van der Waals surface area (Å²) in [5.74, 6) is 0.0214. The first-order chi connectivity index (χ1) is 6.88. The van der Waals surface area contributed by atoms with Crippen LogP contribution in [0, 0.1) is 13.8 Å². The van der Waals surface area contributed by atoms with Crippen molar-refractivity contribution in [3.8, 4) is 0 Å². The Morgan fingerprint density at radius 2 is 1.80 bits per heavy atom. The molecule has 0 aromatic heterocycles. The fourth-order valence-corrected chi connectivity index (χ4v) is 1.32. The van der Waals surface area contributed by atoms with Gasteiger partial charge in [0.25, 0.3) is 0 Å². The molecule has 0 aliphatic heterocycles. The van der Waals surface area contributed by atoms with Gasteiger partial charge in [-0.15, -0.1) is 0 Å². The first kappa shape index (κ1) is 11.9. The van der Waals surface area contributed by atoms with Crippen LogP contribution in [0.5, 0.6) is 0 Å². The molecule has 2 nitrogen and oxygen atoms in total. The number of hydrogen-bond donors (Lipinski definition) is 0. The molecule has 0 radical (unpaired) electrons. The van der Waals surface area contributed by atoms with Crippen molar-refractivity contribution < 1.29 is 9.53 Å². The molecule has 2 heteroatoms. The monoisotopic (exact) mass is 206 g/mol. The van der Waals surface area contributed by atoms with E-state index in [0.717, 1.165) is 5.56 Å². The van der Waals surface area contributed by atoms with Crippen LogP contribution >= 0.6 is 0 Å². The van der Waals surface area contributed by atoms with Crippen LogP contribution < -0.4 is 0 Å². The van der Waals surface area contributed by atoms with Crippen LogP contribution in [0.3, 0.4) is 0 Å². The topological polar surface area (TPSA) is 26.3 Å². The van der Waals surface area contributed by atoms with Crippen LogP contribution in [0.25, 0.3) is 0 Å². The third kappa shape index (κ3) is 2.45. The Bertz CT molecular complexity index is 378. The van der Waals surface area contributed by atoms with Crippen LogP contribution in [0.15, 0.2) is 18.2 Å². The summed E-state index contributed by atoms with van der Waals surface area (Å²) < 4.78 is 5.17. The maximum atomic E-state index is 12.0. The molecular weight excluding hydrogens is 188 g/mol. The lowest BCUT2D eigenvalue weighted by Gasteiger charge is -2.21. The van der Waals surface area contributed by atoms with Crippen LogP contribution in [-0.4, -0.2) is 18.5 Å². The molecule has 0 amide bonds. The van der Waals surface area contributed by atoms with Gasteiger partial charge in [-0.3, -0.25) is 4.79 Å². The Labute approximate surface area is 91.3 Å². The number of aryl methyl sites for hydroxylation is 2. The van der Waals surface area contributed by atoms with Gasteiger partial charge in [-0.25, -0.2) is 0 Å². The maximum Gasteiger partial charge on any atom is 0.194 e. The number of benzene rings is 1. The maximum absolute atomic E-state index is 12.0. The van der Waals surface area contributed by atoms with Gasteiger partial charge in [0, 0.05) is 12.7 Å². The zero-order valence-electron chi connectivity index (χ0n) is 10.0. The number of methoxy groups -OCH3 is 1. The highest BCUT2D eigenvalue weighted by atomic mass is 16.5. The Morgan fingerprint density at radius 1 is 1.20 bits per heavy atom. The molecule has 0 aliphatic rings. The molecule has 0 atom stereocenters. The lowest BCUT2D eigenvalue weighted by molar-refractivity contribution is 0.0228. The van der Waals surface area contributed by atoms with Crippen molar-refractivity contribution >= 4 is 5.78 Å². The summed E-state index contributed by atoms with van der Waals surface area (Å²) in [6.45, 7) is 7.60. The first-order valence-electron chi connectivity index (χ1n) is 5.05. The van der Waals surface area contributed by atoms with E-state index in [-0.39, 0.29) is 5.78 Å². The Morgan fingerprint density at radius 3 is 2.27 bits per heavy atom. The van der Waals surface area contributed by atoms with Gasteiger partial charge >= 0.3 is 0 Å². The van der Waals surface area contributed by atoms with E-state index in [1.165, 1.54) is 5.56 Å². The van der Waals surface area contributed by atoms with Crippen LogP contribution in [-0.2, 0) is 4.74 Å². The number of rotatable bonds is 3. The fourth-order valence-electron chi connectivity index (χ4n) is 1.32. The standard InChI is InChI=1S/C13H18O2/c1-9-6-7-11(8-10(9)2)12(14)13(3,4)15-5/h6-8H,1-5H3. The van der Waals surface area contributed by atoms with Crippen molar-refractivity contribution in [1.82, 2.24) is 0 Å². The predicted molar refractivity (Wildman–Crippen MR) is 61.3 cm³/mol. The molecular formula is C13H18O2. The Hall–Kier alpha value is -1.15. The molecule has 0 saturated heterocycles. The Balaban J connectivity index is 3.08. The molecule has 0 spiro atoms. The minimum absolute atomic E-state index is 0.0214. The molecule has 1 aromatic carbocycles. The summed E-state index contributed by atoms with van der Waals surface area (Å²) in [5, 5.41) is 0. The molecule has 0 bridgehead atoms. The third-order valence-electron chi connectivity index (χ3n) is 2.83. The SMILES string of the molecule is COC(C)(C)C(=O)c1ccc(C)c(C)c1. The summed E-state index contributed by atoms with van der Waals surface area (Å²) in [6, 6.07) is 5.73. The van der Waals surface area contributed by atoms with Crippen molar-refractivity contribution in [3.05, 3.63) is 34.9 Å². The van der Waals surface area contributed by atoms with Gasteiger partial charge in [0.05, 0.1) is 0 Å². The van der Waals surface area contributed by atoms with Crippen molar-refractivity contribution in [2.24, 2.45) is 0 Å². The quantitative estimate of drug-likeness (QED) is 0.711. The molecule has 0 aliphatic carbocycles. The van der Waals surface area contributed by atoms with Crippen molar-refractivity contribution in [2.75, 3.05) is 7.11 Å². The highest BCUT2D eigenvalue weighted by Gasteiger charge is 2.28. The van der Waals surface area contributed by atoms with Gasteiger partial charge in [0.15, 0.2) is 5.78 Å². The molecule has 82 valence electrons. The van der Waals surface area contributed by atoms with E-state index in [9.17, 15) is 4.79 Å². The van der Waals surface area contributed by atoms with Crippen LogP contribution in [0.4, 0.5) is 0 Å². The molecule has 15 heavy (non-hydrogen) atoms. The molecule has 0 heterocycles. The molecule has 0 saturated carbocycles. The second-order valence-electron chi connectivity index (χ2n) is 4.34. The van der Waals surface area contributed by atoms with Crippen LogP contribution in [0.1, 0.15) is 35.3 Å². The minimum atomic E-state index is -0.748. The largest absolute Gasteiger partial charge is 0.371 e. The number of Topliss-reactive ketones (excluding diaryl/α,β-unsaturated/α-hetero) is 1. The van der Waals surface area contributed by atoms with E-state index >= 15 is 0 Å². The molecule has 1 aromatic rings. The summed E-state index contributed by atoms with van der Waals surface area (Å²) in [6.07, 6.45) is 0. The normalized spacial score (nSPS) is 11.5. The van der Waals surface area contributed by atoms with Gasteiger partial charge in [0.2, 0.25) is 0 Å². The zero-order chi connectivity index (χ0) is 11.6. The van der Waals surface area contributed by atoms with Crippen LogP contribution in [0.2, 0.25) is 0 Å². The minimum Gasteiger partial charge on any atom is -0.371 e. The average Bonchev–Trinajstić information content (AvgIpc) is 2.21. The number of ether oxygens (including phenoxy) is 1. The van der Waals surface area contributed by atoms with Crippen molar-refractivity contribution in [1.29, 1.82) is 0 Å². The third-order valence-corrected chi connectivity index (χ3v) is 2.83. The predicted octanol–water partition coefficient (Wildman–Crippen LogP) is 2.91. The van der Waals surface area contributed by atoms with Gasteiger partial charge in [-0.1, -0.05) is 12.1 Å². The second-order valence-corrected chi connectivity index (χ2v) is 4.34. The zero-order valence-corrected chi connectivity index (χ0v) is 10.0.